The second kappa shape index (κ2) is 4.84. The molecular formula is C11H10N4OS. The smallest absolute Gasteiger partial charge is 0.237 e. The Hall–Kier alpha value is -2.08. The van der Waals surface area contributed by atoms with Crippen LogP contribution in [0.5, 0.6) is 11.6 Å². The fourth-order valence-electron chi connectivity index (χ4n) is 1.19. The Labute approximate surface area is 104 Å². The minimum Gasteiger partial charge on any atom is -0.436 e. The second-order valence-corrected chi connectivity index (χ2v) is 3.73. The molecule has 0 saturated heterocycles. The summed E-state index contributed by atoms with van der Waals surface area (Å²) < 4.78 is 5.52. The molecule has 0 aromatic carbocycles. The predicted octanol–water partition coefficient (Wildman–Crippen LogP) is 1.61. The van der Waals surface area contributed by atoms with Crippen LogP contribution in [-0.2, 0) is 0 Å². The molecule has 0 bridgehead atoms. The van der Waals surface area contributed by atoms with E-state index < -0.39 is 0 Å². The van der Waals surface area contributed by atoms with E-state index in [1.54, 1.807) is 12.3 Å². The van der Waals surface area contributed by atoms with Gasteiger partial charge in [0.25, 0.3) is 0 Å². The number of hydrogen-bond acceptors (Lipinski definition) is 5. The number of hydrogen-bond donors (Lipinski definition) is 1. The number of rotatable bonds is 3. The molecule has 0 aliphatic carbocycles. The van der Waals surface area contributed by atoms with E-state index in [0.29, 0.717) is 17.3 Å². The average Bonchev–Trinajstić information content (AvgIpc) is 2.33. The molecule has 0 fully saturated rings. The van der Waals surface area contributed by atoms with Crippen molar-refractivity contribution in [2.45, 2.75) is 6.92 Å². The maximum Gasteiger partial charge on any atom is 0.237 e. The van der Waals surface area contributed by atoms with Gasteiger partial charge in [-0.15, -0.1) is 0 Å². The van der Waals surface area contributed by atoms with Crippen LogP contribution in [0.3, 0.4) is 0 Å². The summed E-state index contributed by atoms with van der Waals surface area (Å²) >= 11 is 4.78. The zero-order valence-corrected chi connectivity index (χ0v) is 9.94. The lowest BCUT2D eigenvalue weighted by molar-refractivity contribution is 0.454. The Balaban J connectivity index is 2.20. The maximum absolute atomic E-state index is 5.52. The topological polar surface area (TPSA) is 73.9 Å². The molecule has 0 radical (unpaired) electrons. The van der Waals surface area contributed by atoms with E-state index >= 15 is 0 Å². The van der Waals surface area contributed by atoms with E-state index in [0.717, 1.165) is 5.69 Å². The highest BCUT2D eigenvalue weighted by molar-refractivity contribution is 7.80. The van der Waals surface area contributed by atoms with Crippen molar-refractivity contribution in [2.24, 2.45) is 5.73 Å². The zero-order chi connectivity index (χ0) is 12.3. The van der Waals surface area contributed by atoms with Gasteiger partial charge in [-0.3, -0.25) is 4.98 Å². The molecule has 6 heteroatoms. The van der Waals surface area contributed by atoms with Crippen LogP contribution in [0.4, 0.5) is 0 Å². The van der Waals surface area contributed by atoms with Gasteiger partial charge in [0.2, 0.25) is 5.88 Å². The van der Waals surface area contributed by atoms with Gasteiger partial charge in [0.15, 0.2) is 5.75 Å². The lowest BCUT2D eigenvalue weighted by Crippen LogP contribution is -2.11. The maximum atomic E-state index is 5.52. The van der Waals surface area contributed by atoms with Gasteiger partial charge in [0.05, 0.1) is 18.1 Å². The molecular weight excluding hydrogens is 236 g/mol. The highest BCUT2D eigenvalue weighted by Crippen LogP contribution is 2.20. The highest BCUT2D eigenvalue weighted by Gasteiger charge is 2.04. The van der Waals surface area contributed by atoms with E-state index in [-0.39, 0.29) is 4.99 Å². The molecule has 2 N–H and O–H groups in total. The second-order valence-electron chi connectivity index (χ2n) is 3.29. The van der Waals surface area contributed by atoms with E-state index in [9.17, 15) is 0 Å². The van der Waals surface area contributed by atoms with Crippen LogP contribution in [0, 0.1) is 6.92 Å². The summed E-state index contributed by atoms with van der Waals surface area (Å²) in [6.45, 7) is 1.85. The molecule has 2 aromatic rings. The SMILES string of the molecule is Cc1ncccc1Oc1cnc(C(N)=S)cn1. The fraction of sp³-hybridized carbons (Fsp3) is 0.0909. The standard InChI is InChI=1S/C11H10N4OS/c1-7-9(3-2-4-13-7)16-10-6-14-8(5-15-10)11(12)17/h2-6H,1H3,(H2,12,17). The van der Waals surface area contributed by atoms with Crippen LogP contribution >= 0.6 is 12.2 Å². The molecule has 0 aliphatic rings. The monoisotopic (exact) mass is 246 g/mol. The Morgan fingerprint density at radius 1 is 1.29 bits per heavy atom. The fourth-order valence-corrected chi connectivity index (χ4v) is 1.29. The normalized spacial score (nSPS) is 9.94. The minimum absolute atomic E-state index is 0.210. The molecule has 0 atom stereocenters. The molecule has 86 valence electrons. The van der Waals surface area contributed by atoms with E-state index in [1.807, 2.05) is 13.0 Å². The molecule has 0 unspecified atom stereocenters. The van der Waals surface area contributed by atoms with Gasteiger partial charge >= 0.3 is 0 Å². The third kappa shape index (κ3) is 2.73. The van der Waals surface area contributed by atoms with Gasteiger partial charge in [-0.1, -0.05) is 12.2 Å². The van der Waals surface area contributed by atoms with Gasteiger partial charge in [-0.25, -0.2) is 9.97 Å². The molecule has 0 amide bonds. The van der Waals surface area contributed by atoms with Gasteiger partial charge in [0, 0.05) is 6.20 Å². The van der Waals surface area contributed by atoms with Crippen molar-refractivity contribution in [2.75, 3.05) is 0 Å². The molecule has 5 nitrogen and oxygen atoms in total. The van der Waals surface area contributed by atoms with Crippen LogP contribution in [0.2, 0.25) is 0 Å². The van der Waals surface area contributed by atoms with E-state index in [4.69, 9.17) is 22.7 Å². The van der Waals surface area contributed by atoms with Crippen LogP contribution in [0.15, 0.2) is 30.7 Å². The highest BCUT2D eigenvalue weighted by atomic mass is 32.1. The number of aromatic nitrogens is 3. The summed E-state index contributed by atoms with van der Waals surface area (Å²) in [5, 5.41) is 0. The average molecular weight is 246 g/mol. The number of aryl methyl sites for hydroxylation is 1. The Morgan fingerprint density at radius 3 is 2.71 bits per heavy atom. The van der Waals surface area contributed by atoms with Gasteiger partial charge < -0.3 is 10.5 Å². The third-order valence-electron chi connectivity index (χ3n) is 2.05. The lowest BCUT2D eigenvalue weighted by Gasteiger charge is -2.06. The first-order chi connectivity index (χ1) is 8.16. The number of nitrogens with two attached hydrogens (primary N) is 1. The summed E-state index contributed by atoms with van der Waals surface area (Å²) in [5.41, 5.74) is 6.67. The van der Waals surface area contributed by atoms with Crippen molar-refractivity contribution >= 4 is 17.2 Å². The molecule has 2 heterocycles. The van der Waals surface area contributed by atoms with Crippen LogP contribution < -0.4 is 10.5 Å². The van der Waals surface area contributed by atoms with Gasteiger partial charge in [-0.2, -0.15) is 0 Å². The molecule has 0 spiro atoms. The first kappa shape index (κ1) is 11.4. The van der Waals surface area contributed by atoms with Gasteiger partial charge in [-0.05, 0) is 19.1 Å². The zero-order valence-electron chi connectivity index (χ0n) is 9.12. The van der Waals surface area contributed by atoms with Crippen LogP contribution in [0.25, 0.3) is 0 Å². The largest absolute Gasteiger partial charge is 0.436 e. The molecule has 17 heavy (non-hydrogen) atoms. The van der Waals surface area contributed by atoms with E-state index in [2.05, 4.69) is 15.0 Å². The van der Waals surface area contributed by atoms with Crippen molar-refractivity contribution in [1.82, 2.24) is 15.0 Å². The molecule has 0 aliphatic heterocycles. The minimum atomic E-state index is 0.210. The third-order valence-corrected chi connectivity index (χ3v) is 2.26. The Morgan fingerprint density at radius 2 is 2.12 bits per heavy atom. The number of thiocarbonyl (C=S) groups is 1. The Kier molecular flexibility index (Phi) is 3.24. The summed E-state index contributed by atoms with van der Waals surface area (Å²) in [6, 6.07) is 3.60. The van der Waals surface area contributed by atoms with E-state index in [1.165, 1.54) is 12.4 Å². The summed E-state index contributed by atoms with van der Waals surface area (Å²) in [4.78, 5) is 12.4. The number of pyridine rings is 1. The van der Waals surface area contributed by atoms with Crippen molar-refractivity contribution in [3.05, 3.63) is 42.1 Å². The Bertz CT molecular complexity index is 541. The quantitative estimate of drug-likeness (QED) is 0.829. The van der Waals surface area contributed by atoms with Crippen LogP contribution in [0.1, 0.15) is 11.4 Å². The summed E-state index contributed by atoms with van der Waals surface area (Å²) in [7, 11) is 0. The molecule has 2 rings (SSSR count). The van der Waals surface area contributed by atoms with Crippen LogP contribution in [-0.4, -0.2) is 19.9 Å². The van der Waals surface area contributed by atoms with Crippen molar-refractivity contribution in [3.8, 4) is 11.6 Å². The summed E-state index contributed by atoms with van der Waals surface area (Å²) in [6.07, 6.45) is 4.65. The van der Waals surface area contributed by atoms with Crippen molar-refractivity contribution < 1.29 is 4.74 Å². The lowest BCUT2D eigenvalue weighted by atomic mass is 10.3. The summed E-state index contributed by atoms with van der Waals surface area (Å²) in [5.74, 6) is 1.02. The first-order valence-corrected chi connectivity index (χ1v) is 5.29. The number of nitrogens with zero attached hydrogens (tertiary/aromatic N) is 3. The van der Waals surface area contributed by atoms with Crippen molar-refractivity contribution in [1.29, 1.82) is 0 Å². The predicted molar refractivity (Wildman–Crippen MR) is 67.0 cm³/mol. The van der Waals surface area contributed by atoms with Crippen molar-refractivity contribution in [3.63, 3.8) is 0 Å². The molecule has 2 aromatic heterocycles. The molecule has 0 saturated carbocycles. The van der Waals surface area contributed by atoms with Gasteiger partial charge in [0.1, 0.15) is 10.7 Å². The first-order valence-electron chi connectivity index (χ1n) is 4.88. The number of ether oxygens (including phenoxy) is 1.